The number of carbonyl (C=O) groups is 1. The molecule has 1 aromatic heterocycles. The second-order valence-corrected chi connectivity index (χ2v) is 5.84. The maximum absolute atomic E-state index is 12.4. The predicted octanol–water partition coefficient (Wildman–Crippen LogP) is 2.78. The van der Waals surface area contributed by atoms with E-state index in [1.54, 1.807) is 0 Å². The number of hydrogen-bond acceptors (Lipinski definition) is 4. The number of thiazole rings is 1. The van der Waals surface area contributed by atoms with Crippen molar-refractivity contribution in [3.8, 4) is 0 Å². The van der Waals surface area contributed by atoms with Crippen molar-refractivity contribution in [3.63, 3.8) is 0 Å². The van der Waals surface area contributed by atoms with Gasteiger partial charge >= 0.3 is 6.18 Å². The number of carbonyl (C=O) groups excluding carboxylic acids is 1. The van der Waals surface area contributed by atoms with E-state index >= 15 is 0 Å². The van der Waals surface area contributed by atoms with Crippen molar-refractivity contribution in [1.29, 1.82) is 0 Å². The van der Waals surface area contributed by atoms with Gasteiger partial charge in [-0.2, -0.15) is 13.2 Å². The quantitative estimate of drug-likeness (QED) is 0.876. The molecule has 0 radical (unpaired) electrons. The highest BCUT2D eigenvalue weighted by Crippen LogP contribution is 2.30. The van der Waals surface area contributed by atoms with Crippen molar-refractivity contribution < 1.29 is 22.7 Å². The van der Waals surface area contributed by atoms with Gasteiger partial charge in [0, 0.05) is 31.4 Å². The summed E-state index contributed by atoms with van der Waals surface area (Å²) in [5.41, 5.74) is -0.868. The van der Waals surface area contributed by atoms with E-state index in [2.05, 4.69) is 10.3 Å². The maximum Gasteiger partial charge on any atom is 0.434 e. The molecule has 8 heteroatoms. The first-order chi connectivity index (χ1) is 9.95. The molecule has 2 rings (SSSR count). The van der Waals surface area contributed by atoms with Crippen LogP contribution in [0.15, 0.2) is 5.38 Å². The molecule has 1 amide bonds. The molecular formula is C13H17F3N2O2S. The lowest BCUT2D eigenvalue weighted by molar-refractivity contribution is -0.140. The van der Waals surface area contributed by atoms with E-state index < -0.39 is 11.9 Å². The summed E-state index contributed by atoms with van der Waals surface area (Å²) in [6.07, 6.45) is -0.808. The summed E-state index contributed by atoms with van der Waals surface area (Å²) in [5.74, 6) is -0.0990. The number of halogens is 3. The Hall–Kier alpha value is -1.15. The van der Waals surface area contributed by atoms with E-state index in [-0.39, 0.29) is 12.0 Å². The van der Waals surface area contributed by atoms with E-state index in [9.17, 15) is 18.0 Å². The lowest BCUT2D eigenvalue weighted by atomic mass is 10.1. The average molecular weight is 322 g/mol. The van der Waals surface area contributed by atoms with Crippen LogP contribution in [-0.4, -0.2) is 30.1 Å². The van der Waals surface area contributed by atoms with Gasteiger partial charge in [0.1, 0.15) is 0 Å². The number of aromatic nitrogens is 1. The van der Waals surface area contributed by atoms with Gasteiger partial charge < -0.3 is 10.1 Å². The van der Waals surface area contributed by atoms with Gasteiger partial charge in [0.15, 0.2) is 5.69 Å². The van der Waals surface area contributed by atoms with Crippen LogP contribution in [0.3, 0.4) is 0 Å². The summed E-state index contributed by atoms with van der Waals surface area (Å²) in [7, 11) is 0. The first-order valence-electron chi connectivity index (χ1n) is 6.85. The molecule has 0 unspecified atom stereocenters. The van der Waals surface area contributed by atoms with Gasteiger partial charge in [-0.25, -0.2) is 4.98 Å². The van der Waals surface area contributed by atoms with Crippen molar-refractivity contribution in [2.45, 2.75) is 44.4 Å². The largest absolute Gasteiger partial charge is 0.434 e. The fourth-order valence-electron chi connectivity index (χ4n) is 2.12. The second kappa shape index (κ2) is 7.22. The summed E-state index contributed by atoms with van der Waals surface area (Å²) in [6, 6.07) is 0. The van der Waals surface area contributed by atoms with Crippen LogP contribution in [0.5, 0.6) is 0 Å². The Morgan fingerprint density at radius 3 is 2.95 bits per heavy atom. The Morgan fingerprint density at radius 1 is 1.52 bits per heavy atom. The van der Waals surface area contributed by atoms with Gasteiger partial charge in [0.05, 0.1) is 11.1 Å². The molecule has 1 atom stereocenters. The zero-order valence-corrected chi connectivity index (χ0v) is 12.2. The Labute approximate surface area is 124 Å². The van der Waals surface area contributed by atoms with Crippen LogP contribution >= 0.6 is 11.3 Å². The van der Waals surface area contributed by atoms with Crippen LogP contribution < -0.4 is 5.32 Å². The second-order valence-electron chi connectivity index (χ2n) is 4.90. The molecule has 1 N–H and O–H groups in total. The third-order valence-electron chi connectivity index (χ3n) is 3.22. The van der Waals surface area contributed by atoms with Gasteiger partial charge in [0.2, 0.25) is 5.91 Å². The Kier molecular flexibility index (Phi) is 5.58. The van der Waals surface area contributed by atoms with Gasteiger partial charge in [-0.05, 0) is 19.3 Å². The molecule has 1 aromatic rings. The van der Waals surface area contributed by atoms with Crippen LogP contribution in [0.25, 0.3) is 0 Å². The van der Waals surface area contributed by atoms with Gasteiger partial charge in [-0.15, -0.1) is 11.3 Å². The Morgan fingerprint density at radius 2 is 2.33 bits per heavy atom. The van der Waals surface area contributed by atoms with Crippen molar-refractivity contribution in [2.24, 2.45) is 0 Å². The molecule has 1 aliphatic heterocycles. The molecule has 1 fully saturated rings. The summed E-state index contributed by atoms with van der Waals surface area (Å²) in [5, 5.41) is 4.07. The summed E-state index contributed by atoms with van der Waals surface area (Å²) in [4.78, 5) is 15.1. The van der Waals surface area contributed by atoms with Crippen LogP contribution in [-0.2, 0) is 22.1 Å². The maximum atomic E-state index is 12.4. The number of hydrogen-bond donors (Lipinski definition) is 1. The lowest BCUT2D eigenvalue weighted by Crippen LogP contribution is -2.26. The first-order valence-corrected chi connectivity index (χ1v) is 7.73. The molecule has 1 saturated heterocycles. The number of alkyl halides is 3. The fourth-order valence-corrected chi connectivity index (χ4v) is 2.92. The number of amides is 1. The summed E-state index contributed by atoms with van der Waals surface area (Å²) >= 11 is 0.959. The van der Waals surface area contributed by atoms with E-state index in [4.69, 9.17) is 4.74 Å². The van der Waals surface area contributed by atoms with Gasteiger partial charge in [0.25, 0.3) is 0 Å². The average Bonchev–Trinajstić information content (AvgIpc) is 3.07. The highest BCUT2D eigenvalue weighted by atomic mass is 32.1. The third kappa shape index (κ3) is 5.28. The smallest absolute Gasteiger partial charge is 0.378 e. The Balaban J connectivity index is 1.64. The topological polar surface area (TPSA) is 51.2 Å². The standard InChI is InChI=1S/C13H17F3N2O2S/c14-13(15,16)10-8-21-12(18-10)5-6-17-11(19)4-3-9-2-1-7-20-9/h8-9H,1-7H2,(H,17,19)/t9-/m0/s1. The molecule has 2 heterocycles. The van der Waals surface area contributed by atoms with Crippen molar-refractivity contribution in [3.05, 3.63) is 16.1 Å². The molecular weight excluding hydrogens is 305 g/mol. The number of nitrogens with zero attached hydrogens (tertiary/aromatic N) is 1. The molecule has 118 valence electrons. The minimum atomic E-state index is -4.40. The number of ether oxygens (including phenoxy) is 1. The summed E-state index contributed by atoms with van der Waals surface area (Å²) < 4.78 is 42.5. The van der Waals surface area contributed by atoms with Crippen LogP contribution in [0.4, 0.5) is 13.2 Å². The molecule has 0 aromatic carbocycles. The van der Waals surface area contributed by atoms with Crippen molar-refractivity contribution in [2.75, 3.05) is 13.2 Å². The molecule has 0 bridgehead atoms. The lowest BCUT2D eigenvalue weighted by Gasteiger charge is -2.08. The summed E-state index contributed by atoms with van der Waals surface area (Å²) in [6.45, 7) is 1.06. The van der Waals surface area contributed by atoms with E-state index in [1.165, 1.54) is 0 Å². The van der Waals surface area contributed by atoms with E-state index in [0.717, 1.165) is 36.2 Å². The highest BCUT2D eigenvalue weighted by Gasteiger charge is 2.33. The molecule has 4 nitrogen and oxygen atoms in total. The molecule has 0 spiro atoms. The molecule has 0 saturated carbocycles. The highest BCUT2D eigenvalue weighted by molar-refractivity contribution is 7.09. The van der Waals surface area contributed by atoms with Gasteiger partial charge in [-0.3, -0.25) is 4.79 Å². The molecule has 1 aliphatic rings. The minimum absolute atomic E-state index is 0.0990. The van der Waals surface area contributed by atoms with Crippen LogP contribution in [0.1, 0.15) is 36.4 Å². The van der Waals surface area contributed by atoms with Crippen molar-refractivity contribution >= 4 is 17.2 Å². The third-order valence-corrected chi connectivity index (χ3v) is 4.13. The Bertz CT molecular complexity index is 470. The first kappa shape index (κ1) is 16.2. The molecule has 21 heavy (non-hydrogen) atoms. The predicted molar refractivity (Wildman–Crippen MR) is 72.0 cm³/mol. The zero-order chi connectivity index (χ0) is 15.3. The van der Waals surface area contributed by atoms with Crippen LogP contribution in [0.2, 0.25) is 0 Å². The molecule has 0 aliphatic carbocycles. The SMILES string of the molecule is O=C(CC[C@@H]1CCCO1)NCCc1nc(C(F)(F)F)cs1. The van der Waals surface area contributed by atoms with Crippen molar-refractivity contribution in [1.82, 2.24) is 10.3 Å². The van der Waals surface area contributed by atoms with E-state index in [1.807, 2.05) is 0 Å². The van der Waals surface area contributed by atoms with Gasteiger partial charge in [-0.1, -0.05) is 0 Å². The van der Waals surface area contributed by atoms with Crippen LogP contribution in [0, 0.1) is 0 Å². The number of rotatable bonds is 6. The zero-order valence-electron chi connectivity index (χ0n) is 11.4. The monoisotopic (exact) mass is 322 g/mol. The van der Waals surface area contributed by atoms with E-state index in [0.29, 0.717) is 30.8 Å². The normalized spacial score (nSPS) is 18.9. The minimum Gasteiger partial charge on any atom is -0.378 e. The number of nitrogens with one attached hydrogen (secondary N) is 1. The fraction of sp³-hybridized carbons (Fsp3) is 0.692.